The molecule has 0 saturated heterocycles. The Morgan fingerprint density at radius 2 is 1.70 bits per heavy atom. The molecule has 1 atom stereocenters. The van der Waals surface area contributed by atoms with Gasteiger partial charge in [-0.2, -0.15) is 0 Å². The zero-order valence-electron chi connectivity index (χ0n) is 13.2. The van der Waals surface area contributed by atoms with Crippen LogP contribution in [0.3, 0.4) is 0 Å². The fourth-order valence-corrected chi connectivity index (χ4v) is 2.41. The van der Waals surface area contributed by atoms with Crippen molar-refractivity contribution in [2.45, 2.75) is 19.1 Å². The van der Waals surface area contributed by atoms with E-state index in [9.17, 15) is 4.79 Å². The van der Waals surface area contributed by atoms with Crippen LogP contribution in [0.4, 0.5) is 0 Å². The largest absolute Gasteiger partial charge is 0.380 e. The van der Waals surface area contributed by atoms with Crippen LogP contribution < -0.4 is 11.1 Å². The molecule has 2 rings (SSSR count). The number of methoxy groups -OCH3 is 1. The van der Waals surface area contributed by atoms with Gasteiger partial charge in [0.25, 0.3) is 0 Å². The molecular weight excluding hydrogens is 312 g/mol. The third-order valence-corrected chi connectivity index (χ3v) is 3.63. The fraction of sp³-hybridized carbons (Fsp3) is 0.278. The Labute approximate surface area is 143 Å². The zero-order valence-corrected chi connectivity index (χ0v) is 14.0. The van der Waals surface area contributed by atoms with E-state index in [0.717, 1.165) is 16.7 Å². The lowest BCUT2D eigenvalue weighted by molar-refractivity contribution is -0.122. The van der Waals surface area contributed by atoms with Crippen molar-refractivity contribution in [1.82, 2.24) is 5.32 Å². The van der Waals surface area contributed by atoms with E-state index in [1.165, 1.54) is 0 Å². The molecular formula is C18H23ClN2O2. The molecule has 23 heavy (non-hydrogen) atoms. The molecule has 124 valence electrons. The van der Waals surface area contributed by atoms with Crippen LogP contribution in [0.15, 0.2) is 54.6 Å². The summed E-state index contributed by atoms with van der Waals surface area (Å²) in [5.41, 5.74) is 8.84. The molecule has 0 aliphatic heterocycles. The third-order valence-electron chi connectivity index (χ3n) is 3.63. The van der Waals surface area contributed by atoms with Crippen molar-refractivity contribution in [3.8, 4) is 0 Å². The van der Waals surface area contributed by atoms with E-state index in [-0.39, 0.29) is 30.8 Å². The van der Waals surface area contributed by atoms with Crippen LogP contribution in [0.25, 0.3) is 0 Å². The smallest absolute Gasteiger partial charge is 0.229 e. The number of amides is 1. The van der Waals surface area contributed by atoms with Gasteiger partial charge in [-0.25, -0.2) is 0 Å². The Bertz CT molecular complexity index is 605. The maximum absolute atomic E-state index is 12.4. The van der Waals surface area contributed by atoms with Crippen molar-refractivity contribution in [1.29, 1.82) is 0 Å². The van der Waals surface area contributed by atoms with Gasteiger partial charge < -0.3 is 15.8 Å². The highest BCUT2D eigenvalue weighted by Gasteiger charge is 2.18. The SMILES string of the molecule is COCc1ccccc1CNC(=O)C(CN)c1ccccc1.Cl. The number of benzene rings is 2. The number of carbonyl (C=O) groups excluding carboxylic acids is 1. The van der Waals surface area contributed by atoms with Crippen LogP contribution in [-0.4, -0.2) is 19.6 Å². The Balaban J connectivity index is 0.00000264. The molecule has 1 unspecified atom stereocenters. The van der Waals surface area contributed by atoms with Crippen molar-refractivity contribution in [2.75, 3.05) is 13.7 Å². The molecule has 2 aromatic carbocycles. The Morgan fingerprint density at radius 3 is 2.30 bits per heavy atom. The van der Waals surface area contributed by atoms with E-state index in [0.29, 0.717) is 13.2 Å². The minimum atomic E-state index is -0.323. The number of rotatable bonds is 7. The molecule has 0 aromatic heterocycles. The molecule has 0 spiro atoms. The minimum Gasteiger partial charge on any atom is -0.380 e. The molecule has 3 N–H and O–H groups in total. The number of hydrogen-bond acceptors (Lipinski definition) is 3. The van der Waals surface area contributed by atoms with E-state index in [2.05, 4.69) is 5.32 Å². The average molecular weight is 335 g/mol. The highest BCUT2D eigenvalue weighted by Crippen LogP contribution is 2.15. The van der Waals surface area contributed by atoms with Crippen LogP contribution in [0.2, 0.25) is 0 Å². The highest BCUT2D eigenvalue weighted by atomic mass is 35.5. The molecule has 0 bridgehead atoms. The van der Waals surface area contributed by atoms with Crippen molar-refractivity contribution in [3.05, 3.63) is 71.3 Å². The van der Waals surface area contributed by atoms with Crippen molar-refractivity contribution >= 4 is 18.3 Å². The van der Waals surface area contributed by atoms with Gasteiger partial charge in [0.05, 0.1) is 12.5 Å². The minimum absolute atomic E-state index is 0. The maximum atomic E-state index is 12.4. The molecule has 0 aliphatic rings. The normalized spacial score (nSPS) is 11.4. The zero-order chi connectivity index (χ0) is 15.8. The second kappa shape index (κ2) is 10.0. The molecule has 0 saturated carbocycles. The standard InChI is InChI=1S/C18H22N2O2.ClH/c1-22-13-16-10-6-5-9-15(16)12-20-18(21)17(11-19)14-7-3-2-4-8-14;/h2-10,17H,11-13,19H2,1H3,(H,20,21);1H. The predicted octanol–water partition coefficient (Wildman–Crippen LogP) is 2.61. The van der Waals surface area contributed by atoms with E-state index in [1.54, 1.807) is 7.11 Å². The first-order chi connectivity index (χ1) is 10.8. The average Bonchev–Trinajstić information content (AvgIpc) is 2.56. The summed E-state index contributed by atoms with van der Waals surface area (Å²) in [6.07, 6.45) is 0. The second-order valence-corrected chi connectivity index (χ2v) is 5.12. The van der Waals surface area contributed by atoms with Gasteiger partial charge in [-0.1, -0.05) is 54.6 Å². The quantitative estimate of drug-likeness (QED) is 0.818. The summed E-state index contributed by atoms with van der Waals surface area (Å²) in [5.74, 6) is -0.378. The Morgan fingerprint density at radius 1 is 1.09 bits per heavy atom. The Kier molecular flexibility index (Phi) is 8.33. The number of hydrogen-bond donors (Lipinski definition) is 2. The lowest BCUT2D eigenvalue weighted by Crippen LogP contribution is -2.33. The molecule has 0 heterocycles. The summed E-state index contributed by atoms with van der Waals surface area (Å²) in [6.45, 7) is 1.29. The molecule has 4 nitrogen and oxygen atoms in total. The fourth-order valence-electron chi connectivity index (χ4n) is 2.41. The maximum Gasteiger partial charge on any atom is 0.229 e. The van der Waals surface area contributed by atoms with Crippen LogP contribution >= 0.6 is 12.4 Å². The van der Waals surface area contributed by atoms with Crippen molar-refractivity contribution in [2.24, 2.45) is 5.73 Å². The summed E-state index contributed by atoms with van der Waals surface area (Å²) >= 11 is 0. The van der Waals surface area contributed by atoms with Crippen LogP contribution in [0, 0.1) is 0 Å². The number of carbonyl (C=O) groups is 1. The van der Waals surface area contributed by atoms with Gasteiger partial charge in [0, 0.05) is 20.2 Å². The first-order valence-corrected chi connectivity index (χ1v) is 7.34. The van der Waals surface area contributed by atoms with Crippen molar-refractivity contribution < 1.29 is 9.53 Å². The number of nitrogens with two attached hydrogens (primary N) is 1. The molecule has 2 aromatic rings. The number of ether oxygens (including phenoxy) is 1. The van der Waals surface area contributed by atoms with Crippen LogP contribution in [0.5, 0.6) is 0 Å². The third kappa shape index (κ3) is 5.36. The summed E-state index contributed by atoms with van der Waals surface area (Å²) in [6, 6.07) is 17.5. The van der Waals surface area contributed by atoms with Gasteiger partial charge in [-0.15, -0.1) is 12.4 Å². The number of halogens is 1. The van der Waals surface area contributed by atoms with Gasteiger partial charge in [0.15, 0.2) is 0 Å². The molecule has 1 amide bonds. The highest BCUT2D eigenvalue weighted by molar-refractivity contribution is 5.85. The lowest BCUT2D eigenvalue weighted by atomic mass is 9.98. The predicted molar refractivity (Wildman–Crippen MR) is 94.5 cm³/mol. The first kappa shape index (κ1) is 19.2. The molecule has 0 radical (unpaired) electrons. The topological polar surface area (TPSA) is 64.3 Å². The van der Waals surface area contributed by atoms with Gasteiger partial charge in [-0.3, -0.25) is 4.79 Å². The van der Waals surface area contributed by atoms with E-state index in [4.69, 9.17) is 10.5 Å². The monoisotopic (exact) mass is 334 g/mol. The van der Waals surface area contributed by atoms with Crippen LogP contribution in [0.1, 0.15) is 22.6 Å². The van der Waals surface area contributed by atoms with Gasteiger partial charge in [-0.05, 0) is 16.7 Å². The van der Waals surface area contributed by atoms with Gasteiger partial charge >= 0.3 is 0 Å². The summed E-state index contributed by atoms with van der Waals surface area (Å²) in [4.78, 5) is 12.4. The second-order valence-electron chi connectivity index (χ2n) is 5.12. The van der Waals surface area contributed by atoms with Gasteiger partial charge in [0.1, 0.15) is 0 Å². The molecule has 0 fully saturated rings. The lowest BCUT2D eigenvalue weighted by Gasteiger charge is -2.16. The summed E-state index contributed by atoms with van der Waals surface area (Å²) in [5, 5.41) is 2.97. The number of nitrogens with one attached hydrogen (secondary N) is 1. The summed E-state index contributed by atoms with van der Waals surface area (Å²) in [7, 11) is 1.66. The van der Waals surface area contributed by atoms with E-state index in [1.807, 2.05) is 54.6 Å². The molecule has 0 aliphatic carbocycles. The van der Waals surface area contributed by atoms with Crippen LogP contribution in [-0.2, 0) is 22.7 Å². The Hall–Kier alpha value is -1.88. The first-order valence-electron chi connectivity index (χ1n) is 7.34. The van der Waals surface area contributed by atoms with Crippen molar-refractivity contribution in [3.63, 3.8) is 0 Å². The van der Waals surface area contributed by atoms with Gasteiger partial charge in [0.2, 0.25) is 5.91 Å². The summed E-state index contributed by atoms with van der Waals surface area (Å²) < 4.78 is 5.18. The molecule has 5 heteroatoms. The van der Waals surface area contributed by atoms with E-state index < -0.39 is 0 Å². The van der Waals surface area contributed by atoms with E-state index >= 15 is 0 Å².